The fourth-order valence-corrected chi connectivity index (χ4v) is 2.89. The van der Waals surface area contributed by atoms with Crippen LogP contribution < -0.4 is 15.0 Å². The Bertz CT molecular complexity index is 555. The molecule has 1 aliphatic heterocycles. The summed E-state index contributed by atoms with van der Waals surface area (Å²) in [6.45, 7) is 6.97. The Balaban J connectivity index is 2.10. The lowest BCUT2D eigenvalue weighted by atomic mass is 10.1. The van der Waals surface area contributed by atoms with Crippen molar-refractivity contribution >= 4 is 17.5 Å². The zero-order chi connectivity index (χ0) is 16.8. The molecule has 1 saturated heterocycles. The Morgan fingerprint density at radius 3 is 2.65 bits per heavy atom. The smallest absolute Gasteiger partial charge is 0.227 e. The molecule has 1 atom stereocenters. The van der Waals surface area contributed by atoms with Crippen molar-refractivity contribution in [1.82, 2.24) is 5.32 Å². The summed E-state index contributed by atoms with van der Waals surface area (Å²) in [4.78, 5) is 26.4. The van der Waals surface area contributed by atoms with Crippen LogP contribution in [0.5, 0.6) is 5.75 Å². The number of carbonyl (C=O) groups excluding carboxylic acids is 2. The van der Waals surface area contributed by atoms with Crippen LogP contribution in [0.2, 0.25) is 0 Å². The van der Waals surface area contributed by atoms with Crippen LogP contribution >= 0.6 is 0 Å². The van der Waals surface area contributed by atoms with E-state index in [1.807, 2.05) is 31.2 Å². The molecule has 0 bridgehead atoms. The third-order valence-corrected chi connectivity index (χ3v) is 4.28. The minimum Gasteiger partial charge on any atom is -0.492 e. The summed E-state index contributed by atoms with van der Waals surface area (Å²) in [7, 11) is 0. The number of hydrogen-bond donors (Lipinski definition) is 1. The molecule has 0 saturated carbocycles. The van der Waals surface area contributed by atoms with E-state index in [4.69, 9.17) is 4.74 Å². The largest absolute Gasteiger partial charge is 0.492 e. The van der Waals surface area contributed by atoms with Crippen LogP contribution in [0.4, 0.5) is 5.69 Å². The van der Waals surface area contributed by atoms with Gasteiger partial charge in [-0.3, -0.25) is 9.59 Å². The summed E-state index contributed by atoms with van der Waals surface area (Å²) in [5, 5.41) is 3.04. The Hall–Kier alpha value is -2.04. The fourth-order valence-electron chi connectivity index (χ4n) is 2.89. The predicted octanol–water partition coefficient (Wildman–Crippen LogP) is 2.74. The molecule has 0 aliphatic carbocycles. The van der Waals surface area contributed by atoms with E-state index in [0.29, 0.717) is 18.9 Å². The van der Waals surface area contributed by atoms with Crippen molar-refractivity contribution in [3.05, 3.63) is 24.3 Å². The summed E-state index contributed by atoms with van der Waals surface area (Å²) in [6.07, 6.45) is 2.06. The van der Waals surface area contributed by atoms with Gasteiger partial charge in [0.05, 0.1) is 18.2 Å². The van der Waals surface area contributed by atoms with Gasteiger partial charge in [-0.2, -0.15) is 0 Å². The molecule has 5 heteroatoms. The molecule has 5 nitrogen and oxygen atoms in total. The third kappa shape index (κ3) is 4.03. The first kappa shape index (κ1) is 17.3. The molecule has 0 spiro atoms. The van der Waals surface area contributed by atoms with Crippen molar-refractivity contribution in [1.29, 1.82) is 0 Å². The molecule has 1 unspecified atom stereocenters. The van der Waals surface area contributed by atoms with Gasteiger partial charge in [-0.15, -0.1) is 0 Å². The summed E-state index contributed by atoms with van der Waals surface area (Å²) < 4.78 is 5.60. The first-order chi connectivity index (χ1) is 11.1. The van der Waals surface area contributed by atoms with Crippen LogP contribution in [0.25, 0.3) is 0 Å². The highest BCUT2D eigenvalue weighted by Gasteiger charge is 2.36. The number of para-hydroxylation sites is 2. The Morgan fingerprint density at radius 2 is 2.00 bits per heavy atom. The van der Waals surface area contributed by atoms with Crippen molar-refractivity contribution < 1.29 is 14.3 Å². The van der Waals surface area contributed by atoms with Crippen molar-refractivity contribution in [3.63, 3.8) is 0 Å². The van der Waals surface area contributed by atoms with Crippen molar-refractivity contribution in [2.75, 3.05) is 18.1 Å². The Morgan fingerprint density at radius 1 is 1.30 bits per heavy atom. The lowest BCUT2D eigenvalue weighted by molar-refractivity contribution is -0.127. The first-order valence-electron chi connectivity index (χ1n) is 8.43. The normalized spacial score (nSPS) is 17.7. The number of nitrogens with zero attached hydrogens (tertiary/aromatic N) is 1. The van der Waals surface area contributed by atoms with Crippen LogP contribution in [-0.2, 0) is 9.59 Å². The maximum atomic E-state index is 12.4. The van der Waals surface area contributed by atoms with Gasteiger partial charge in [0.2, 0.25) is 11.8 Å². The summed E-state index contributed by atoms with van der Waals surface area (Å²) in [5.74, 6) is 0.340. The SMILES string of the molecule is CCOc1ccccc1N1CC(C(=O)NC(CC)CC)CC1=O. The molecule has 23 heavy (non-hydrogen) atoms. The van der Waals surface area contributed by atoms with E-state index in [1.165, 1.54) is 0 Å². The molecular formula is C18H26N2O3. The molecule has 1 aliphatic rings. The lowest BCUT2D eigenvalue weighted by Crippen LogP contribution is -2.39. The molecule has 2 amide bonds. The summed E-state index contributed by atoms with van der Waals surface area (Å²) >= 11 is 0. The van der Waals surface area contributed by atoms with Crippen molar-refractivity contribution in [3.8, 4) is 5.75 Å². The van der Waals surface area contributed by atoms with E-state index in [9.17, 15) is 9.59 Å². The van der Waals surface area contributed by atoms with E-state index in [0.717, 1.165) is 18.5 Å². The van der Waals surface area contributed by atoms with Crippen LogP contribution in [0.3, 0.4) is 0 Å². The number of ether oxygens (including phenoxy) is 1. The first-order valence-corrected chi connectivity index (χ1v) is 8.43. The maximum Gasteiger partial charge on any atom is 0.227 e. The number of carbonyl (C=O) groups is 2. The molecule has 126 valence electrons. The second-order valence-corrected chi connectivity index (χ2v) is 5.83. The average molecular weight is 318 g/mol. The van der Waals surface area contributed by atoms with Gasteiger partial charge < -0.3 is 15.0 Å². The van der Waals surface area contributed by atoms with Gasteiger partial charge in [0.15, 0.2) is 0 Å². The van der Waals surface area contributed by atoms with E-state index in [-0.39, 0.29) is 30.2 Å². The molecule has 0 radical (unpaired) electrons. The molecule has 1 N–H and O–H groups in total. The third-order valence-electron chi connectivity index (χ3n) is 4.28. The molecule has 1 aromatic carbocycles. The lowest BCUT2D eigenvalue weighted by Gasteiger charge is -2.21. The van der Waals surface area contributed by atoms with Crippen molar-refractivity contribution in [2.24, 2.45) is 5.92 Å². The van der Waals surface area contributed by atoms with Gasteiger partial charge in [0.1, 0.15) is 5.75 Å². The predicted molar refractivity (Wildman–Crippen MR) is 90.6 cm³/mol. The second kappa shape index (κ2) is 7.99. The summed E-state index contributed by atoms with van der Waals surface area (Å²) in [5.41, 5.74) is 0.747. The van der Waals surface area contributed by atoms with Gasteiger partial charge in [-0.1, -0.05) is 26.0 Å². The number of rotatable bonds is 7. The maximum absolute atomic E-state index is 12.4. The van der Waals surface area contributed by atoms with Crippen molar-refractivity contribution in [2.45, 2.75) is 46.1 Å². The summed E-state index contributed by atoms with van der Waals surface area (Å²) in [6, 6.07) is 7.66. The second-order valence-electron chi connectivity index (χ2n) is 5.83. The van der Waals surface area contributed by atoms with Crippen LogP contribution in [0.1, 0.15) is 40.0 Å². The Kier molecular flexibility index (Phi) is 6.02. The minimum atomic E-state index is -0.294. The monoisotopic (exact) mass is 318 g/mol. The number of anilines is 1. The fraction of sp³-hybridized carbons (Fsp3) is 0.556. The Labute approximate surface area is 138 Å². The number of benzene rings is 1. The van der Waals surface area contributed by atoms with Gasteiger partial charge in [-0.05, 0) is 31.9 Å². The van der Waals surface area contributed by atoms with E-state index < -0.39 is 0 Å². The van der Waals surface area contributed by atoms with Gasteiger partial charge in [0.25, 0.3) is 0 Å². The highest BCUT2D eigenvalue weighted by Crippen LogP contribution is 2.33. The molecule has 1 fully saturated rings. The molecular weight excluding hydrogens is 292 g/mol. The standard InChI is InChI=1S/C18H26N2O3/c1-4-14(5-2)19-18(22)13-11-17(21)20(12-13)15-9-7-8-10-16(15)23-6-3/h7-10,13-14H,4-6,11-12H2,1-3H3,(H,19,22). The van der Waals surface area contributed by atoms with Crippen LogP contribution in [0.15, 0.2) is 24.3 Å². The van der Waals surface area contributed by atoms with Gasteiger partial charge in [0, 0.05) is 19.0 Å². The van der Waals surface area contributed by atoms with E-state index in [2.05, 4.69) is 19.2 Å². The quantitative estimate of drug-likeness (QED) is 0.841. The average Bonchev–Trinajstić information content (AvgIpc) is 2.95. The highest BCUT2D eigenvalue weighted by atomic mass is 16.5. The van der Waals surface area contributed by atoms with E-state index >= 15 is 0 Å². The number of hydrogen-bond acceptors (Lipinski definition) is 3. The molecule has 2 rings (SSSR count). The van der Waals surface area contributed by atoms with Crippen LogP contribution in [0, 0.1) is 5.92 Å². The molecule has 1 aromatic rings. The molecule has 0 aromatic heterocycles. The van der Waals surface area contributed by atoms with E-state index in [1.54, 1.807) is 4.90 Å². The highest BCUT2D eigenvalue weighted by molar-refractivity contribution is 6.01. The minimum absolute atomic E-state index is 0.0246. The zero-order valence-corrected chi connectivity index (χ0v) is 14.2. The van der Waals surface area contributed by atoms with Gasteiger partial charge >= 0.3 is 0 Å². The molecule has 1 heterocycles. The number of amides is 2. The van der Waals surface area contributed by atoms with Gasteiger partial charge in [-0.25, -0.2) is 0 Å². The zero-order valence-electron chi connectivity index (χ0n) is 14.2. The topological polar surface area (TPSA) is 58.6 Å². The number of nitrogens with one attached hydrogen (secondary N) is 1. The van der Waals surface area contributed by atoms with Crippen LogP contribution in [-0.4, -0.2) is 31.0 Å².